The summed E-state index contributed by atoms with van der Waals surface area (Å²) in [4.78, 5) is 9.60. The molecular formula is C10H20O2. The Balaban J connectivity index is 0. The molecule has 0 aromatic rings. The molecule has 0 fully saturated rings. The second-order valence-corrected chi connectivity index (χ2v) is 2.43. The molecule has 0 aliphatic carbocycles. The molecule has 2 nitrogen and oxygen atoms in total. The zero-order valence-corrected chi connectivity index (χ0v) is 8.34. The third kappa shape index (κ3) is 22.9. The summed E-state index contributed by atoms with van der Waals surface area (Å²) in [5, 5.41) is 7.91. The van der Waals surface area contributed by atoms with Crippen LogP contribution in [0.25, 0.3) is 0 Å². The van der Waals surface area contributed by atoms with Crippen LogP contribution < -0.4 is 0 Å². The van der Waals surface area contributed by atoms with Gasteiger partial charge in [0.15, 0.2) is 0 Å². The summed E-state index contributed by atoms with van der Waals surface area (Å²) in [6.45, 7) is 6.13. The molecule has 0 aliphatic heterocycles. The average Bonchev–Trinajstić information content (AvgIpc) is 2.02. The van der Waals surface area contributed by atoms with Crippen LogP contribution >= 0.6 is 0 Å². The molecule has 1 N–H and O–H groups in total. The second-order valence-electron chi connectivity index (χ2n) is 2.43. The van der Waals surface area contributed by atoms with Crippen LogP contribution in [-0.4, -0.2) is 11.1 Å². The van der Waals surface area contributed by atoms with E-state index < -0.39 is 5.97 Å². The molecule has 0 saturated carbocycles. The van der Waals surface area contributed by atoms with Crippen molar-refractivity contribution in [2.75, 3.05) is 0 Å². The largest absolute Gasteiger partial charge is 0.481 e. The van der Waals surface area contributed by atoms with E-state index in [0.717, 1.165) is 6.42 Å². The number of allylic oxidation sites excluding steroid dienone is 2. The maximum absolute atomic E-state index is 9.60. The van der Waals surface area contributed by atoms with E-state index in [9.17, 15) is 4.79 Å². The van der Waals surface area contributed by atoms with Crippen LogP contribution in [0, 0.1) is 0 Å². The van der Waals surface area contributed by atoms with Crippen LogP contribution in [0.5, 0.6) is 0 Å². The van der Waals surface area contributed by atoms with E-state index in [1.165, 1.54) is 12.8 Å². The second kappa shape index (κ2) is 12.8. The molecule has 0 heterocycles. The van der Waals surface area contributed by atoms with Gasteiger partial charge in [-0.3, -0.25) is 4.79 Å². The smallest absolute Gasteiger partial charge is 0.303 e. The minimum absolute atomic E-state index is 0.292. The van der Waals surface area contributed by atoms with Gasteiger partial charge < -0.3 is 5.11 Å². The first-order chi connectivity index (χ1) is 5.68. The van der Waals surface area contributed by atoms with Gasteiger partial charge in [0.2, 0.25) is 0 Å². The van der Waals surface area contributed by atoms with Crippen LogP contribution in [-0.2, 0) is 4.79 Å². The first kappa shape index (κ1) is 13.8. The van der Waals surface area contributed by atoms with E-state index in [1.54, 1.807) is 0 Å². The van der Waals surface area contributed by atoms with Gasteiger partial charge >= 0.3 is 5.97 Å². The normalized spacial score (nSPS) is 9.25. The number of hydrogen-bond donors (Lipinski definition) is 1. The van der Waals surface area contributed by atoms with Crippen molar-refractivity contribution < 1.29 is 9.90 Å². The van der Waals surface area contributed by atoms with Crippen molar-refractivity contribution in [1.82, 2.24) is 0 Å². The van der Waals surface area contributed by atoms with Gasteiger partial charge in [-0.05, 0) is 19.3 Å². The standard InChI is InChI=1S/C6H12.C4H8O2/c1-3-5-6-4-2;1-2-3-4(5)6/h5-6H,3-4H2,1-2H3;2-3H2,1H3,(H,5,6). The lowest BCUT2D eigenvalue weighted by atomic mass is 10.4. The van der Waals surface area contributed by atoms with Gasteiger partial charge in [-0.25, -0.2) is 0 Å². The highest BCUT2D eigenvalue weighted by atomic mass is 16.4. The Hall–Kier alpha value is -0.790. The number of carbonyl (C=O) groups is 1. The summed E-state index contributed by atoms with van der Waals surface area (Å²) in [6, 6.07) is 0. The van der Waals surface area contributed by atoms with Crippen LogP contribution in [0.4, 0.5) is 0 Å². The molecule has 0 saturated heterocycles. The predicted octanol–water partition coefficient (Wildman–Crippen LogP) is 3.23. The Morgan fingerprint density at radius 1 is 1.17 bits per heavy atom. The quantitative estimate of drug-likeness (QED) is 0.661. The maximum Gasteiger partial charge on any atom is 0.303 e. The summed E-state index contributed by atoms with van der Waals surface area (Å²) >= 11 is 0. The Labute approximate surface area is 75.3 Å². The third-order valence-electron chi connectivity index (χ3n) is 1.10. The molecule has 0 bridgehead atoms. The van der Waals surface area contributed by atoms with Crippen molar-refractivity contribution in [1.29, 1.82) is 0 Å². The number of rotatable bonds is 4. The minimum atomic E-state index is -0.711. The molecule has 0 rings (SSSR count). The molecule has 0 aliphatic rings. The minimum Gasteiger partial charge on any atom is -0.481 e. The highest BCUT2D eigenvalue weighted by Crippen LogP contribution is 1.82. The zero-order valence-electron chi connectivity index (χ0n) is 8.34. The van der Waals surface area contributed by atoms with Crippen LogP contribution in [0.3, 0.4) is 0 Å². The van der Waals surface area contributed by atoms with Crippen LogP contribution in [0.1, 0.15) is 46.5 Å². The van der Waals surface area contributed by atoms with Gasteiger partial charge in [-0.1, -0.05) is 32.9 Å². The lowest BCUT2D eigenvalue weighted by Crippen LogP contribution is -1.90. The number of hydrogen-bond acceptors (Lipinski definition) is 1. The molecular weight excluding hydrogens is 152 g/mol. The van der Waals surface area contributed by atoms with Crippen molar-refractivity contribution in [2.24, 2.45) is 0 Å². The topological polar surface area (TPSA) is 37.3 Å². The fourth-order valence-electron chi connectivity index (χ4n) is 0.547. The van der Waals surface area contributed by atoms with Gasteiger partial charge in [0.25, 0.3) is 0 Å². The van der Waals surface area contributed by atoms with Gasteiger partial charge in [0, 0.05) is 6.42 Å². The summed E-state index contributed by atoms with van der Waals surface area (Å²) in [6.07, 6.45) is 7.73. The van der Waals surface area contributed by atoms with Crippen molar-refractivity contribution >= 4 is 5.97 Å². The fourth-order valence-corrected chi connectivity index (χ4v) is 0.547. The molecule has 0 amide bonds. The molecule has 0 unspecified atom stereocenters. The number of carboxylic acids is 1. The Bertz CT molecular complexity index is 111. The van der Waals surface area contributed by atoms with Gasteiger partial charge in [0.1, 0.15) is 0 Å². The van der Waals surface area contributed by atoms with E-state index in [0.29, 0.717) is 6.42 Å². The molecule has 0 aromatic heterocycles. The number of aliphatic carboxylic acids is 1. The van der Waals surface area contributed by atoms with E-state index in [-0.39, 0.29) is 0 Å². The Kier molecular flexibility index (Phi) is 14.8. The summed E-state index contributed by atoms with van der Waals surface area (Å²) in [5.74, 6) is -0.711. The average molecular weight is 172 g/mol. The van der Waals surface area contributed by atoms with Crippen molar-refractivity contribution in [3.8, 4) is 0 Å². The van der Waals surface area contributed by atoms with Crippen LogP contribution in [0.2, 0.25) is 0 Å². The highest BCUT2D eigenvalue weighted by molar-refractivity contribution is 5.66. The molecule has 0 spiro atoms. The summed E-state index contributed by atoms with van der Waals surface area (Å²) in [5.41, 5.74) is 0. The summed E-state index contributed by atoms with van der Waals surface area (Å²) in [7, 11) is 0. The van der Waals surface area contributed by atoms with Crippen molar-refractivity contribution in [3.05, 3.63) is 12.2 Å². The molecule has 2 heteroatoms. The fraction of sp³-hybridized carbons (Fsp3) is 0.700. The Morgan fingerprint density at radius 3 is 1.67 bits per heavy atom. The molecule has 72 valence electrons. The van der Waals surface area contributed by atoms with Crippen molar-refractivity contribution in [2.45, 2.75) is 46.5 Å². The van der Waals surface area contributed by atoms with Gasteiger partial charge in [-0.15, -0.1) is 0 Å². The monoisotopic (exact) mass is 172 g/mol. The van der Waals surface area contributed by atoms with Crippen LogP contribution in [0.15, 0.2) is 12.2 Å². The molecule has 0 radical (unpaired) electrons. The zero-order chi connectivity index (χ0) is 9.82. The van der Waals surface area contributed by atoms with E-state index in [1.807, 2.05) is 6.92 Å². The maximum atomic E-state index is 9.60. The lowest BCUT2D eigenvalue weighted by molar-refractivity contribution is -0.137. The van der Waals surface area contributed by atoms with Crippen molar-refractivity contribution in [3.63, 3.8) is 0 Å². The Morgan fingerprint density at radius 2 is 1.58 bits per heavy atom. The first-order valence-corrected chi connectivity index (χ1v) is 4.55. The number of carboxylic acid groups (broad SMARTS) is 1. The molecule has 12 heavy (non-hydrogen) atoms. The highest BCUT2D eigenvalue weighted by Gasteiger charge is 1.87. The third-order valence-corrected chi connectivity index (χ3v) is 1.10. The molecule has 0 atom stereocenters. The summed E-state index contributed by atoms with van der Waals surface area (Å²) < 4.78 is 0. The molecule has 0 aromatic carbocycles. The van der Waals surface area contributed by atoms with E-state index in [2.05, 4.69) is 26.0 Å². The van der Waals surface area contributed by atoms with Gasteiger partial charge in [0.05, 0.1) is 0 Å². The van der Waals surface area contributed by atoms with E-state index >= 15 is 0 Å². The lowest BCUT2D eigenvalue weighted by Gasteiger charge is -1.79. The SMILES string of the molecule is CCC=CCC.CCCC(=O)O. The van der Waals surface area contributed by atoms with E-state index in [4.69, 9.17) is 5.11 Å². The van der Waals surface area contributed by atoms with Gasteiger partial charge in [-0.2, -0.15) is 0 Å². The predicted molar refractivity (Wildman–Crippen MR) is 52.3 cm³/mol. The first-order valence-electron chi connectivity index (χ1n) is 4.55.